The number of aliphatic hydroxyl groups excluding tert-OH is 2. The molecule has 7 N–H and O–H groups in total. The highest BCUT2D eigenvalue weighted by Gasteiger charge is 2.44. The van der Waals surface area contributed by atoms with E-state index in [1.165, 1.54) is 29.0 Å². The minimum absolute atomic E-state index is 0.167. The van der Waals surface area contributed by atoms with E-state index in [4.69, 9.17) is 21.3 Å². The number of carboxylic acids is 1. The Balaban J connectivity index is 1.71. The van der Waals surface area contributed by atoms with Gasteiger partial charge in [0.1, 0.15) is 30.1 Å². The third kappa shape index (κ3) is 3.39. The lowest BCUT2D eigenvalue weighted by Crippen LogP contribution is -2.35. The largest absolute Gasteiger partial charge is 0.480 e. The number of aliphatic carboxylic acids is 1. The molecular weight excluding hydrogens is 352 g/mol. The molecular formula is C13H18N6O5S. The number of nitrogens with zero attached hydrogens (tertiary/aromatic N) is 4. The minimum Gasteiger partial charge on any atom is -0.480 e. The summed E-state index contributed by atoms with van der Waals surface area (Å²) in [6, 6.07) is -0.999. The van der Waals surface area contributed by atoms with Crippen molar-refractivity contribution in [2.75, 3.05) is 17.2 Å². The summed E-state index contributed by atoms with van der Waals surface area (Å²) in [5, 5.41) is 29.3. The van der Waals surface area contributed by atoms with Gasteiger partial charge in [-0.3, -0.25) is 9.36 Å². The Hall–Kier alpha value is -1.99. The molecule has 11 nitrogen and oxygen atoms in total. The van der Waals surface area contributed by atoms with Gasteiger partial charge in [-0.05, 0) is 0 Å². The second kappa shape index (κ2) is 7.09. The number of anilines is 1. The summed E-state index contributed by atoms with van der Waals surface area (Å²) in [5.41, 5.74) is 11.9. The number of fused-ring (bicyclic) bond motifs is 1. The Bertz CT molecular complexity index is 772. The predicted molar refractivity (Wildman–Crippen MR) is 88.6 cm³/mol. The van der Waals surface area contributed by atoms with Gasteiger partial charge in [0.25, 0.3) is 0 Å². The van der Waals surface area contributed by atoms with Gasteiger partial charge in [-0.2, -0.15) is 11.8 Å². The molecule has 1 aliphatic heterocycles. The molecule has 1 saturated heterocycles. The van der Waals surface area contributed by atoms with Gasteiger partial charge < -0.3 is 31.5 Å². The van der Waals surface area contributed by atoms with Gasteiger partial charge in [-0.25, -0.2) is 15.0 Å². The highest BCUT2D eigenvalue weighted by Crippen LogP contribution is 2.33. The zero-order chi connectivity index (χ0) is 18.1. The topological polar surface area (TPSA) is 183 Å². The molecule has 0 radical (unpaired) electrons. The van der Waals surface area contributed by atoms with Crippen molar-refractivity contribution in [1.29, 1.82) is 0 Å². The predicted octanol–water partition coefficient (Wildman–Crippen LogP) is -1.83. The first-order valence-electron chi connectivity index (χ1n) is 7.41. The summed E-state index contributed by atoms with van der Waals surface area (Å²) in [7, 11) is 0. The van der Waals surface area contributed by atoms with Crippen LogP contribution in [-0.4, -0.2) is 76.7 Å². The number of aliphatic hydroxyl groups is 2. The average molecular weight is 370 g/mol. The van der Waals surface area contributed by atoms with Crippen molar-refractivity contribution in [1.82, 2.24) is 19.5 Å². The van der Waals surface area contributed by atoms with E-state index in [0.717, 1.165) is 0 Å². The number of nitrogen functional groups attached to an aromatic ring is 1. The van der Waals surface area contributed by atoms with Crippen LogP contribution >= 0.6 is 11.8 Å². The quantitative estimate of drug-likeness (QED) is 0.385. The van der Waals surface area contributed by atoms with Crippen molar-refractivity contribution in [3.05, 3.63) is 12.7 Å². The Labute approximate surface area is 146 Å². The van der Waals surface area contributed by atoms with E-state index in [1.54, 1.807) is 0 Å². The molecule has 3 heterocycles. The maximum atomic E-state index is 10.7. The average Bonchev–Trinajstić information content (AvgIpc) is 3.12. The SMILES string of the molecule is Nc1ncnc2c1ncn2[C@@H]1O[C@H](CSC[C@H](N)C(=O)O)[C@@H](O)[C@@H]1O. The van der Waals surface area contributed by atoms with Gasteiger partial charge in [0.2, 0.25) is 0 Å². The smallest absolute Gasteiger partial charge is 0.321 e. The first-order valence-corrected chi connectivity index (χ1v) is 8.56. The fourth-order valence-corrected chi connectivity index (χ4v) is 3.58. The Morgan fingerprint density at radius 3 is 2.84 bits per heavy atom. The fourth-order valence-electron chi connectivity index (χ4n) is 2.54. The molecule has 0 amide bonds. The van der Waals surface area contributed by atoms with E-state index in [9.17, 15) is 15.0 Å². The Morgan fingerprint density at radius 1 is 1.36 bits per heavy atom. The molecule has 0 aromatic carbocycles. The summed E-state index contributed by atoms with van der Waals surface area (Å²) in [5.74, 6) is -0.452. The molecule has 0 spiro atoms. The van der Waals surface area contributed by atoms with Gasteiger partial charge in [-0.1, -0.05) is 0 Å². The maximum Gasteiger partial charge on any atom is 0.321 e. The van der Waals surface area contributed by atoms with Crippen LogP contribution in [0.3, 0.4) is 0 Å². The van der Waals surface area contributed by atoms with E-state index >= 15 is 0 Å². The molecule has 3 rings (SSSR count). The van der Waals surface area contributed by atoms with Crippen LogP contribution in [0.25, 0.3) is 11.2 Å². The lowest BCUT2D eigenvalue weighted by atomic mass is 10.1. The monoisotopic (exact) mass is 370 g/mol. The number of carbonyl (C=O) groups is 1. The van der Waals surface area contributed by atoms with Gasteiger partial charge in [0, 0.05) is 11.5 Å². The number of imidazole rings is 1. The number of ether oxygens (including phenoxy) is 1. The Morgan fingerprint density at radius 2 is 2.12 bits per heavy atom. The first kappa shape index (κ1) is 17.8. The van der Waals surface area contributed by atoms with Crippen molar-refractivity contribution >= 4 is 34.7 Å². The first-order chi connectivity index (χ1) is 11.9. The van der Waals surface area contributed by atoms with Crippen LogP contribution in [0.1, 0.15) is 6.23 Å². The van der Waals surface area contributed by atoms with E-state index < -0.39 is 36.6 Å². The van der Waals surface area contributed by atoms with E-state index in [1.807, 2.05) is 0 Å². The van der Waals surface area contributed by atoms with Crippen molar-refractivity contribution < 1.29 is 24.9 Å². The number of thioether (sulfide) groups is 1. The second-order valence-electron chi connectivity index (χ2n) is 5.61. The summed E-state index contributed by atoms with van der Waals surface area (Å²) in [6.07, 6.45) is -1.25. The molecule has 1 fully saturated rings. The molecule has 12 heteroatoms. The molecule has 0 aliphatic carbocycles. The number of rotatable bonds is 6. The number of hydrogen-bond donors (Lipinski definition) is 5. The summed E-state index contributed by atoms with van der Waals surface area (Å²) < 4.78 is 7.21. The summed E-state index contributed by atoms with van der Waals surface area (Å²) in [6.45, 7) is 0. The number of hydrogen-bond acceptors (Lipinski definition) is 10. The zero-order valence-electron chi connectivity index (χ0n) is 13.0. The maximum absolute atomic E-state index is 10.7. The third-order valence-electron chi connectivity index (χ3n) is 3.90. The fraction of sp³-hybridized carbons (Fsp3) is 0.538. The Kier molecular flexibility index (Phi) is 5.06. The number of nitrogens with two attached hydrogens (primary N) is 2. The van der Waals surface area contributed by atoms with Gasteiger partial charge in [0.15, 0.2) is 17.7 Å². The van der Waals surface area contributed by atoms with Crippen LogP contribution in [-0.2, 0) is 9.53 Å². The van der Waals surface area contributed by atoms with Crippen LogP contribution in [0.2, 0.25) is 0 Å². The van der Waals surface area contributed by atoms with E-state index in [0.29, 0.717) is 11.2 Å². The zero-order valence-corrected chi connectivity index (χ0v) is 13.8. The van der Waals surface area contributed by atoms with Crippen LogP contribution in [0.15, 0.2) is 12.7 Å². The highest BCUT2D eigenvalue weighted by molar-refractivity contribution is 7.99. The standard InChI is InChI=1S/C13H18N6O5S/c14-5(13(22)23)1-25-2-6-8(20)9(21)12(24-6)19-4-18-7-10(15)16-3-17-11(7)19/h3-6,8-9,12,20-21H,1-2,14H2,(H,22,23)(H2,15,16,17)/t5-,6+,8+,9-,12+/m0/s1. The van der Waals surface area contributed by atoms with Crippen molar-refractivity contribution in [3.8, 4) is 0 Å². The molecule has 25 heavy (non-hydrogen) atoms. The van der Waals surface area contributed by atoms with E-state index in [2.05, 4.69) is 15.0 Å². The van der Waals surface area contributed by atoms with Crippen LogP contribution < -0.4 is 11.5 Å². The molecule has 1 aliphatic rings. The summed E-state index contributed by atoms with van der Waals surface area (Å²) >= 11 is 1.23. The molecule has 5 atom stereocenters. The van der Waals surface area contributed by atoms with Crippen LogP contribution in [0.4, 0.5) is 5.82 Å². The third-order valence-corrected chi connectivity index (χ3v) is 5.05. The lowest BCUT2D eigenvalue weighted by Gasteiger charge is -2.16. The number of carboxylic acid groups (broad SMARTS) is 1. The molecule has 0 saturated carbocycles. The molecule has 2 aromatic heterocycles. The minimum atomic E-state index is -1.20. The van der Waals surface area contributed by atoms with Gasteiger partial charge in [0.05, 0.1) is 12.4 Å². The van der Waals surface area contributed by atoms with Crippen LogP contribution in [0, 0.1) is 0 Å². The van der Waals surface area contributed by atoms with Crippen molar-refractivity contribution in [2.24, 2.45) is 5.73 Å². The van der Waals surface area contributed by atoms with Gasteiger partial charge >= 0.3 is 5.97 Å². The molecule has 136 valence electrons. The number of aromatic nitrogens is 4. The molecule has 2 aromatic rings. The highest BCUT2D eigenvalue weighted by atomic mass is 32.2. The van der Waals surface area contributed by atoms with Crippen molar-refractivity contribution in [2.45, 2.75) is 30.6 Å². The summed E-state index contributed by atoms with van der Waals surface area (Å²) in [4.78, 5) is 22.7. The normalized spacial score (nSPS) is 27.6. The lowest BCUT2D eigenvalue weighted by molar-refractivity contribution is -0.137. The van der Waals surface area contributed by atoms with E-state index in [-0.39, 0.29) is 17.3 Å². The second-order valence-corrected chi connectivity index (χ2v) is 6.69. The van der Waals surface area contributed by atoms with Gasteiger partial charge in [-0.15, -0.1) is 0 Å². The van der Waals surface area contributed by atoms with Crippen LogP contribution in [0.5, 0.6) is 0 Å². The molecule has 0 bridgehead atoms. The molecule has 0 unspecified atom stereocenters. The van der Waals surface area contributed by atoms with Crippen molar-refractivity contribution in [3.63, 3.8) is 0 Å².